The first-order chi connectivity index (χ1) is 17.8. The van der Waals surface area contributed by atoms with Gasteiger partial charge >= 0.3 is 5.97 Å². The summed E-state index contributed by atoms with van der Waals surface area (Å²) in [6.07, 6.45) is 0.517. The number of nitrogens with one attached hydrogen (secondary N) is 4. The van der Waals surface area contributed by atoms with Crippen LogP contribution in [0.1, 0.15) is 51.1 Å². The molecule has 1 aliphatic heterocycles. The smallest absolute Gasteiger partial charge is 0.307 e. The minimum atomic E-state index is -0.312. The monoisotopic (exact) mass is 630 g/mol. The molecule has 4 aromatic rings. The minimum absolute atomic E-state index is 0.00250. The number of Topliss-reactive ketones (excluding diaryl/α,β-unsaturated/α-hetero) is 1. The number of carbonyl (C=O) groups excluding carboxylic acids is 4. The number of esters is 1. The number of H-pyrrole nitrogens is 2. The van der Waals surface area contributed by atoms with E-state index in [0.717, 1.165) is 30.8 Å². The van der Waals surface area contributed by atoms with Crippen LogP contribution in [0.5, 0.6) is 0 Å². The van der Waals surface area contributed by atoms with E-state index in [-0.39, 0.29) is 36.5 Å². The summed E-state index contributed by atoms with van der Waals surface area (Å²) in [7, 11) is 0. The summed E-state index contributed by atoms with van der Waals surface area (Å²) in [5, 5.41) is 7.14. The van der Waals surface area contributed by atoms with E-state index in [1.165, 1.54) is 0 Å². The van der Waals surface area contributed by atoms with Crippen molar-refractivity contribution in [2.24, 2.45) is 0 Å². The first-order valence-corrected chi connectivity index (χ1v) is 13.2. The maximum Gasteiger partial charge on any atom is 0.307 e. The molecule has 0 aliphatic carbocycles. The van der Waals surface area contributed by atoms with Gasteiger partial charge in [-0.1, -0.05) is 31.9 Å². The number of ether oxygens (including phenoxy) is 1. The number of halogens is 2. The molecule has 0 saturated carbocycles. The summed E-state index contributed by atoms with van der Waals surface area (Å²) >= 11 is 6.76. The van der Waals surface area contributed by atoms with Gasteiger partial charge in [0, 0.05) is 50.3 Å². The Balaban J connectivity index is 0.000000175. The van der Waals surface area contributed by atoms with Crippen molar-refractivity contribution < 1.29 is 23.9 Å². The largest absolute Gasteiger partial charge is 0.466 e. The van der Waals surface area contributed by atoms with E-state index in [0.29, 0.717) is 36.5 Å². The molecule has 0 unspecified atom stereocenters. The average Bonchev–Trinajstić information content (AvgIpc) is 3.42. The van der Waals surface area contributed by atoms with Crippen LogP contribution in [-0.2, 0) is 9.53 Å². The van der Waals surface area contributed by atoms with Gasteiger partial charge in [0.1, 0.15) is 11.4 Å². The number of amides is 2. The van der Waals surface area contributed by atoms with Gasteiger partial charge in [0.25, 0.3) is 11.8 Å². The van der Waals surface area contributed by atoms with Crippen molar-refractivity contribution >= 4 is 77.2 Å². The number of aromatic nitrogens is 2. The highest BCUT2D eigenvalue weighted by molar-refractivity contribution is 9.10. The summed E-state index contributed by atoms with van der Waals surface area (Å²) < 4.78 is 6.64. The first-order valence-electron chi connectivity index (χ1n) is 11.6. The number of carbonyl (C=O) groups is 4. The zero-order valence-electron chi connectivity index (χ0n) is 19.9. The molecule has 3 heterocycles. The Kier molecular flexibility index (Phi) is 8.45. The molecule has 4 N–H and O–H groups in total. The molecule has 2 aromatic heterocycles. The van der Waals surface area contributed by atoms with Gasteiger partial charge in [-0.05, 0) is 49.4 Å². The third-order valence-corrected chi connectivity index (χ3v) is 6.64. The summed E-state index contributed by atoms with van der Waals surface area (Å²) in [4.78, 5) is 52.9. The molecular formula is C26H24Br2N4O5. The number of hydrogen-bond donors (Lipinski definition) is 4. The van der Waals surface area contributed by atoms with Gasteiger partial charge < -0.3 is 25.3 Å². The number of rotatable bonds is 5. The maximum absolute atomic E-state index is 12.0. The van der Waals surface area contributed by atoms with Crippen molar-refractivity contribution in [3.63, 3.8) is 0 Å². The Hall–Kier alpha value is -3.44. The number of fused-ring (bicyclic) bond motifs is 4. The topological polar surface area (TPSA) is 133 Å². The highest BCUT2D eigenvalue weighted by atomic mass is 79.9. The van der Waals surface area contributed by atoms with Crippen molar-refractivity contribution in [3.8, 4) is 0 Å². The lowest BCUT2D eigenvalue weighted by molar-refractivity contribution is -0.142. The van der Waals surface area contributed by atoms with Gasteiger partial charge in [-0.2, -0.15) is 0 Å². The Morgan fingerprint density at radius 3 is 2.49 bits per heavy atom. The molecule has 0 spiro atoms. The quantitative estimate of drug-likeness (QED) is 0.234. The second kappa shape index (κ2) is 11.7. The van der Waals surface area contributed by atoms with E-state index < -0.39 is 0 Å². The molecule has 2 amide bonds. The maximum atomic E-state index is 12.0. The van der Waals surface area contributed by atoms with E-state index >= 15 is 0 Å². The third-order valence-electron chi connectivity index (χ3n) is 5.65. The van der Waals surface area contributed by atoms with E-state index in [9.17, 15) is 19.2 Å². The molecular weight excluding hydrogens is 608 g/mol. The van der Waals surface area contributed by atoms with Crippen LogP contribution in [-0.4, -0.2) is 53.2 Å². The molecule has 11 heteroatoms. The number of aromatic amines is 2. The fourth-order valence-corrected chi connectivity index (χ4v) is 4.70. The zero-order valence-corrected chi connectivity index (χ0v) is 23.0. The van der Waals surface area contributed by atoms with Crippen LogP contribution in [0.3, 0.4) is 0 Å². The van der Waals surface area contributed by atoms with E-state index in [4.69, 9.17) is 4.74 Å². The van der Waals surface area contributed by atoms with Crippen molar-refractivity contribution in [2.75, 3.05) is 19.7 Å². The summed E-state index contributed by atoms with van der Waals surface area (Å²) in [6.45, 7) is 2.76. The highest BCUT2D eigenvalue weighted by Gasteiger charge is 2.25. The lowest BCUT2D eigenvalue weighted by Gasteiger charge is -2.03. The van der Waals surface area contributed by atoms with E-state index in [2.05, 4.69) is 52.5 Å². The van der Waals surface area contributed by atoms with Crippen LogP contribution in [0.4, 0.5) is 0 Å². The van der Waals surface area contributed by atoms with Gasteiger partial charge in [-0.3, -0.25) is 19.2 Å². The number of benzene rings is 2. The molecule has 0 saturated heterocycles. The first kappa shape index (κ1) is 26.6. The predicted molar refractivity (Wildman–Crippen MR) is 147 cm³/mol. The Labute approximate surface area is 229 Å². The highest BCUT2D eigenvalue weighted by Crippen LogP contribution is 2.28. The van der Waals surface area contributed by atoms with Crippen molar-refractivity contribution in [1.29, 1.82) is 0 Å². The molecule has 2 aromatic carbocycles. The second-order valence-electron chi connectivity index (χ2n) is 8.22. The number of hydrogen-bond acceptors (Lipinski definition) is 5. The molecule has 0 radical (unpaired) electrons. The second-order valence-corrected chi connectivity index (χ2v) is 10.1. The predicted octanol–water partition coefficient (Wildman–Crippen LogP) is 4.86. The van der Waals surface area contributed by atoms with Crippen LogP contribution in [0, 0.1) is 0 Å². The van der Waals surface area contributed by atoms with Gasteiger partial charge in [-0.25, -0.2) is 0 Å². The van der Waals surface area contributed by atoms with Crippen LogP contribution in [0.15, 0.2) is 51.4 Å². The fraction of sp³-hybridized carbons (Fsp3) is 0.231. The minimum Gasteiger partial charge on any atom is -0.466 e. The Morgan fingerprint density at radius 2 is 1.73 bits per heavy atom. The molecule has 192 valence electrons. The molecule has 9 nitrogen and oxygen atoms in total. The molecule has 37 heavy (non-hydrogen) atoms. The Bertz CT molecular complexity index is 1510. The van der Waals surface area contributed by atoms with Crippen LogP contribution in [0.2, 0.25) is 0 Å². The summed E-state index contributed by atoms with van der Waals surface area (Å²) in [6, 6.07) is 13.1. The molecule has 0 fully saturated rings. The van der Waals surface area contributed by atoms with Crippen LogP contribution >= 0.6 is 31.9 Å². The van der Waals surface area contributed by atoms with Crippen molar-refractivity contribution in [3.05, 3.63) is 68.4 Å². The lowest BCUT2D eigenvalue weighted by Crippen LogP contribution is -2.26. The fourth-order valence-electron chi connectivity index (χ4n) is 3.96. The van der Waals surface area contributed by atoms with E-state index in [1.54, 1.807) is 13.0 Å². The third kappa shape index (κ3) is 6.28. The van der Waals surface area contributed by atoms with E-state index in [1.807, 2.05) is 36.4 Å². The standard InChI is InChI=1S/C14H15BrN2O3.C12H9BrN2O2/c1-2-20-13(18)5-6-16-14(19)12-8-9-7-10(15)3-4-11(9)17-12;13-6-1-2-8-7(5-6)10-9(16)3-4-14-12(17)11(10)15-8/h3-4,7-8,17H,2,5-6H2,1H3,(H,16,19);1-2,5,15H,3-4H2,(H,14,17). The normalized spacial score (nSPS) is 12.8. The SMILES string of the molecule is CCOC(=O)CCNC(=O)c1cc2cc(Br)ccc2[nH]1.O=C1NCCC(=O)c2c1[nH]c1ccc(Br)cc21. The molecule has 1 aliphatic rings. The van der Waals surface area contributed by atoms with Crippen LogP contribution < -0.4 is 10.6 Å². The van der Waals surface area contributed by atoms with Crippen molar-refractivity contribution in [2.45, 2.75) is 19.8 Å². The average molecular weight is 632 g/mol. The molecule has 5 rings (SSSR count). The molecule has 0 atom stereocenters. The van der Waals surface area contributed by atoms with Gasteiger partial charge in [0.05, 0.1) is 18.6 Å². The summed E-state index contributed by atoms with van der Waals surface area (Å²) in [5.41, 5.74) is 3.06. The van der Waals surface area contributed by atoms with Gasteiger partial charge in [-0.15, -0.1) is 0 Å². The van der Waals surface area contributed by atoms with Crippen molar-refractivity contribution in [1.82, 2.24) is 20.6 Å². The summed E-state index contributed by atoms with van der Waals surface area (Å²) in [5.74, 6) is -0.754. The Morgan fingerprint density at radius 1 is 1.00 bits per heavy atom. The number of ketones is 1. The lowest BCUT2D eigenvalue weighted by atomic mass is 10.1. The molecule has 0 bridgehead atoms. The zero-order chi connectivity index (χ0) is 26.5. The van der Waals surface area contributed by atoms with Crippen LogP contribution in [0.25, 0.3) is 21.8 Å². The van der Waals surface area contributed by atoms with Gasteiger partial charge in [0.15, 0.2) is 5.78 Å². The van der Waals surface area contributed by atoms with Gasteiger partial charge in [0.2, 0.25) is 0 Å².